The van der Waals surface area contributed by atoms with Crippen molar-refractivity contribution in [2.45, 2.75) is 46.0 Å². The van der Waals surface area contributed by atoms with Crippen LogP contribution >= 0.6 is 0 Å². The minimum absolute atomic E-state index is 0.119. The van der Waals surface area contributed by atoms with Crippen LogP contribution in [0.15, 0.2) is 0 Å². The van der Waals surface area contributed by atoms with Crippen molar-refractivity contribution >= 4 is 5.91 Å². The molecule has 0 heterocycles. The highest BCUT2D eigenvalue weighted by Gasteiger charge is 2.21. The summed E-state index contributed by atoms with van der Waals surface area (Å²) in [5.74, 6) is 1.18. The number of hydrogen-bond acceptors (Lipinski definition) is 2. The summed E-state index contributed by atoms with van der Waals surface area (Å²) in [5, 5.41) is 11.8. The van der Waals surface area contributed by atoms with Gasteiger partial charge >= 0.3 is 0 Å². The van der Waals surface area contributed by atoms with Gasteiger partial charge in [-0.15, -0.1) is 0 Å². The lowest BCUT2D eigenvalue weighted by atomic mass is 9.94. The quantitative estimate of drug-likeness (QED) is 0.728. The Morgan fingerprint density at radius 1 is 1.38 bits per heavy atom. The maximum absolute atomic E-state index is 11.8. The maximum Gasteiger partial charge on any atom is 0.222 e. The van der Waals surface area contributed by atoms with E-state index in [1.807, 2.05) is 13.8 Å². The number of carbonyl (C=O) groups excluding carboxylic acids is 1. The van der Waals surface area contributed by atoms with Crippen molar-refractivity contribution in [1.82, 2.24) is 5.32 Å². The molecule has 0 saturated heterocycles. The zero-order valence-corrected chi connectivity index (χ0v) is 10.5. The van der Waals surface area contributed by atoms with E-state index in [-0.39, 0.29) is 24.3 Å². The molecule has 1 amide bonds. The highest BCUT2D eigenvalue weighted by atomic mass is 16.3. The number of hydrogen-bond donors (Lipinski definition) is 2. The average molecular weight is 227 g/mol. The molecule has 0 spiro atoms. The molecule has 0 bridgehead atoms. The Labute approximate surface area is 98.6 Å². The molecule has 0 aromatic carbocycles. The topological polar surface area (TPSA) is 49.3 Å². The van der Waals surface area contributed by atoms with Gasteiger partial charge < -0.3 is 10.4 Å². The summed E-state index contributed by atoms with van der Waals surface area (Å²) in [6.45, 7) is 4.67. The van der Waals surface area contributed by atoms with Crippen LogP contribution in [0.4, 0.5) is 0 Å². The highest BCUT2D eigenvalue weighted by molar-refractivity contribution is 5.78. The standard InChI is InChI=1S/C13H25NO2/c1-10(9-15)8-14-13(16)11(2)7-12-5-3-4-6-12/h10-12,15H,3-9H2,1-2H3,(H,14,16). The van der Waals surface area contributed by atoms with Gasteiger partial charge in [0, 0.05) is 19.1 Å². The molecule has 3 nitrogen and oxygen atoms in total. The lowest BCUT2D eigenvalue weighted by Gasteiger charge is -2.17. The lowest BCUT2D eigenvalue weighted by molar-refractivity contribution is -0.125. The highest BCUT2D eigenvalue weighted by Crippen LogP contribution is 2.30. The van der Waals surface area contributed by atoms with Crippen molar-refractivity contribution in [1.29, 1.82) is 0 Å². The first kappa shape index (κ1) is 13.5. The van der Waals surface area contributed by atoms with E-state index in [9.17, 15) is 4.79 Å². The summed E-state index contributed by atoms with van der Waals surface area (Å²) in [5.41, 5.74) is 0. The van der Waals surface area contributed by atoms with E-state index >= 15 is 0 Å². The molecule has 0 aromatic heterocycles. The van der Waals surface area contributed by atoms with Gasteiger partial charge in [-0.1, -0.05) is 39.5 Å². The van der Waals surface area contributed by atoms with Gasteiger partial charge in [-0.2, -0.15) is 0 Å². The van der Waals surface area contributed by atoms with Crippen molar-refractivity contribution < 1.29 is 9.90 Å². The Morgan fingerprint density at radius 2 is 2.00 bits per heavy atom. The second-order valence-electron chi connectivity index (χ2n) is 5.32. The third kappa shape index (κ3) is 4.52. The first-order valence-electron chi connectivity index (χ1n) is 6.52. The van der Waals surface area contributed by atoms with E-state index in [0.717, 1.165) is 12.3 Å². The predicted molar refractivity (Wildman–Crippen MR) is 65.0 cm³/mol. The van der Waals surface area contributed by atoms with Gasteiger partial charge in [0.1, 0.15) is 0 Å². The normalized spacial score (nSPS) is 20.7. The molecule has 94 valence electrons. The molecule has 1 aliphatic rings. The molecule has 2 unspecified atom stereocenters. The Hall–Kier alpha value is -0.570. The zero-order valence-electron chi connectivity index (χ0n) is 10.5. The Bertz CT molecular complexity index is 212. The molecule has 0 aromatic rings. The molecule has 1 fully saturated rings. The Morgan fingerprint density at radius 3 is 2.56 bits per heavy atom. The first-order valence-corrected chi connectivity index (χ1v) is 6.52. The van der Waals surface area contributed by atoms with Gasteiger partial charge in [0.05, 0.1) is 0 Å². The van der Waals surface area contributed by atoms with Crippen LogP contribution in [0.1, 0.15) is 46.0 Å². The average Bonchev–Trinajstić information content (AvgIpc) is 2.77. The summed E-state index contributed by atoms with van der Waals surface area (Å²) in [4.78, 5) is 11.8. The first-order chi connectivity index (χ1) is 7.63. The van der Waals surface area contributed by atoms with E-state index in [1.165, 1.54) is 25.7 Å². The van der Waals surface area contributed by atoms with Crippen molar-refractivity contribution in [3.8, 4) is 0 Å². The van der Waals surface area contributed by atoms with Crippen LogP contribution in [0.2, 0.25) is 0 Å². The summed E-state index contributed by atoms with van der Waals surface area (Å²) >= 11 is 0. The molecule has 1 aliphatic carbocycles. The van der Waals surface area contributed by atoms with E-state index in [0.29, 0.717) is 6.54 Å². The fourth-order valence-corrected chi connectivity index (χ4v) is 2.37. The lowest BCUT2D eigenvalue weighted by Crippen LogP contribution is -2.34. The van der Waals surface area contributed by atoms with Gasteiger partial charge in [0.2, 0.25) is 5.91 Å². The molecule has 2 N–H and O–H groups in total. The predicted octanol–water partition coefficient (Wildman–Crippen LogP) is 1.95. The number of amides is 1. The van der Waals surface area contributed by atoms with Gasteiger partial charge in [-0.05, 0) is 18.3 Å². The second-order valence-corrected chi connectivity index (χ2v) is 5.32. The summed E-state index contributed by atoms with van der Waals surface area (Å²) in [7, 11) is 0. The van der Waals surface area contributed by atoms with Gasteiger partial charge in [-0.25, -0.2) is 0 Å². The van der Waals surface area contributed by atoms with Crippen molar-refractivity contribution in [3.63, 3.8) is 0 Å². The fourth-order valence-electron chi connectivity index (χ4n) is 2.37. The third-order valence-corrected chi connectivity index (χ3v) is 3.55. The third-order valence-electron chi connectivity index (χ3n) is 3.55. The van der Waals surface area contributed by atoms with Crippen LogP contribution in [-0.2, 0) is 4.79 Å². The van der Waals surface area contributed by atoms with Gasteiger partial charge in [0.15, 0.2) is 0 Å². The van der Waals surface area contributed by atoms with Crippen LogP contribution in [0.25, 0.3) is 0 Å². The minimum Gasteiger partial charge on any atom is -0.396 e. The van der Waals surface area contributed by atoms with E-state index in [2.05, 4.69) is 5.32 Å². The van der Waals surface area contributed by atoms with Crippen molar-refractivity contribution in [2.75, 3.05) is 13.2 Å². The zero-order chi connectivity index (χ0) is 12.0. The van der Waals surface area contributed by atoms with Crippen LogP contribution < -0.4 is 5.32 Å². The number of rotatable bonds is 6. The Kier molecular flexibility index (Phi) is 5.81. The summed E-state index contributed by atoms with van der Waals surface area (Å²) in [6, 6.07) is 0. The van der Waals surface area contributed by atoms with Crippen molar-refractivity contribution in [2.24, 2.45) is 17.8 Å². The Balaban J connectivity index is 2.19. The molecule has 0 aliphatic heterocycles. The van der Waals surface area contributed by atoms with Gasteiger partial charge in [0.25, 0.3) is 0 Å². The SMILES string of the molecule is CC(CO)CNC(=O)C(C)CC1CCCC1. The largest absolute Gasteiger partial charge is 0.396 e. The summed E-state index contributed by atoms with van der Waals surface area (Å²) in [6.07, 6.45) is 6.29. The molecular formula is C13H25NO2. The van der Waals surface area contributed by atoms with E-state index in [1.54, 1.807) is 0 Å². The van der Waals surface area contributed by atoms with Crippen molar-refractivity contribution in [3.05, 3.63) is 0 Å². The molecule has 1 saturated carbocycles. The molecule has 3 heteroatoms. The molecule has 16 heavy (non-hydrogen) atoms. The minimum atomic E-state index is 0.119. The molecule has 1 rings (SSSR count). The summed E-state index contributed by atoms with van der Waals surface area (Å²) < 4.78 is 0. The number of carbonyl (C=O) groups is 1. The van der Waals surface area contributed by atoms with Crippen LogP contribution in [0.5, 0.6) is 0 Å². The smallest absolute Gasteiger partial charge is 0.222 e. The molecular weight excluding hydrogens is 202 g/mol. The number of aliphatic hydroxyl groups excluding tert-OH is 1. The number of nitrogens with one attached hydrogen (secondary N) is 1. The van der Waals surface area contributed by atoms with Crippen LogP contribution in [0, 0.1) is 17.8 Å². The molecule has 2 atom stereocenters. The van der Waals surface area contributed by atoms with Gasteiger partial charge in [-0.3, -0.25) is 4.79 Å². The second kappa shape index (κ2) is 6.89. The van der Waals surface area contributed by atoms with Crippen LogP contribution in [-0.4, -0.2) is 24.2 Å². The monoisotopic (exact) mass is 227 g/mol. The fraction of sp³-hybridized carbons (Fsp3) is 0.923. The number of aliphatic hydroxyl groups is 1. The van der Waals surface area contributed by atoms with E-state index < -0.39 is 0 Å². The maximum atomic E-state index is 11.8. The van der Waals surface area contributed by atoms with E-state index in [4.69, 9.17) is 5.11 Å². The molecule has 0 radical (unpaired) electrons. The van der Waals surface area contributed by atoms with Crippen LogP contribution in [0.3, 0.4) is 0 Å².